The highest BCUT2D eigenvalue weighted by Crippen LogP contribution is 2.39. The molecule has 2 heteroatoms. The molecule has 0 saturated heterocycles. The van der Waals surface area contributed by atoms with Gasteiger partial charge in [0, 0.05) is 0 Å². The van der Waals surface area contributed by atoms with E-state index in [0.29, 0.717) is 5.56 Å². The van der Waals surface area contributed by atoms with Crippen LogP contribution in [-0.2, 0) is 4.74 Å². The minimum Gasteiger partial charge on any atom is -0.465 e. The SMILES string of the molecule is COC(=O)c1ccc(C2=CC=C(c3ccccc3)C2)cc1C1=CC=C(c2ccccc2)C1. The largest absolute Gasteiger partial charge is 0.465 e. The number of rotatable bonds is 5. The molecule has 0 aliphatic heterocycles. The van der Waals surface area contributed by atoms with Crippen molar-refractivity contribution in [1.82, 2.24) is 0 Å². The minimum absolute atomic E-state index is 0.302. The zero-order chi connectivity index (χ0) is 21.9. The molecule has 0 saturated carbocycles. The Morgan fingerprint density at radius 3 is 1.69 bits per heavy atom. The minimum atomic E-state index is -0.302. The van der Waals surface area contributed by atoms with Crippen molar-refractivity contribution in [2.45, 2.75) is 12.8 Å². The summed E-state index contributed by atoms with van der Waals surface area (Å²) in [6, 6.07) is 26.9. The van der Waals surface area contributed by atoms with Crippen LogP contribution in [-0.4, -0.2) is 13.1 Å². The van der Waals surface area contributed by atoms with Gasteiger partial charge in [-0.1, -0.05) is 91.0 Å². The number of hydrogen-bond donors (Lipinski definition) is 0. The molecule has 0 amide bonds. The lowest BCUT2D eigenvalue weighted by Crippen LogP contribution is -2.06. The zero-order valence-corrected chi connectivity index (χ0v) is 18.0. The van der Waals surface area contributed by atoms with E-state index < -0.39 is 0 Å². The smallest absolute Gasteiger partial charge is 0.338 e. The molecule has 0 aromatic heterocycles. The highest BCUT2D eigenvalue weighted by atomic mass is 16.5. The van der Waals surface area contributed by atoms with Gasteiger partial charge in [0.05, 0.1) is 12.7 Å². The van der Waals surface area contributed by atoms with Gasteiger partial charge >= 0.3 is 5.97 Å². The zero-order valence-electron chi connectivity index (χ0n) is 18.0. The Balaban J connectivity index is 1.43. The third-order valence-corrected chi connectivity index (χ3v) is 6.16. The molecule has 0 spiro atoms. The Hall–Kier alpha value is -3.91. The van der Waals surface area contributed by atoms with Crippen molar-refractivity contribution in [3.05, 3.63) is 131 Å². The normalized spacial score (nSPS) is 15.0. The number of ether oxygens (including phenoxy) is 1. The number of carbonyl (C=O) groups excluding carboxylic acids is 1. The fraction of sp³-hybridized carbons (Fsp3) is 0.100. The van der Waals surface area contributed by atoms with Crippen molar-refractivity contribution in [3.8, 4) is 0 Å². The highest BCUT2D eigenvalue weighted by molar-refractivity contribution is 5.99. The molecule has 32 heavy (non-hydrogen) atoms. The molecule has 0 radical (unpaired) electrons. The van der Waals surface area contributed by atoms with E-state index in [1.54, 1.807) is 0 Å². The first-order valence-corrected chi connectivity index (χ1v) is 10.9. The Bertz CT molecular complexity index is 1290. The summed E-state index contributed by atoms with van der Waals surface area (Å²) in [5, 5.41) is 0. The molecule has 0 heterocycles. The molecule has 0 atom stereocenters. The Labute approximate surface area is 188 Å². The van der Waals surface area contributed by atoms with Crippen LogP contribution in [0.2, 0.25) is 0 Å². The average molecular weight is 417 g/mol. The molecule has 156 valence electrons. The highest BCUT2D eigenvalue weighted by Gasteiger charge is 2.21. The van der Waals surface area contributed by atoms with Gasteiger partial charge in [-0.3, -0.25) is 0 Å². The summed E-state index contributed by atoms with van der Waals surface area (Å²) in [5.41, 5.74) is 10.1. The van der Waals surface area contributed by atoms with E-state index >= 15 is 0 Å². The summed E-state index contributed by atoms with van der Waals surface area (Å²) in [5.74, 6) is -0.302. The van der Waals surface area contributed by atoms with E-state index in [0.717, 1.165) is 29.5 Å². The van der Waals surface area contributed by atoms with Crippen molar-refractivity contribution in [1.29, 1.82) is 0 Å². The summed E-state index contributed by atoms with van der Waals surface area (Å²) < 4.78 is 5.08. The Kier molecular flexibility index (Phi) is 5.43. The van der Waals surface area contributed by atoms with E-state index in [-0.39, 0.29) is 5.97 Å². The van der Waals surface area contributed by atoms with Crippen molar-refractivity contribution >= 4 is 28.3 Å². The van der Waals surface area contributed by atoms with Crippen LogP contribution >= 0.6 is 0 Å². The molecule has 2 aliphatic carbocycles. The first kappa shape index (κ1) is 20.0. The first-order chi connectivity index (χ1) is 15.7. The van der Waals surface area contributed by atoms with E-state index in [2.05, 4.69) is 78.9 Å². The number of carbonyl (C=O) groups is 1. The topological polar surface area (TPSA) is 26.3 Å². The number of hydrogen-bond acceptors (Lipinski definition) is 2. The Morgan fingerprint density at radius 1 is 0.625 bits per heavy atom. The number of allylic oxidation sites excluding steroid dienone is 8. The summed E-state index contributed by atoms with van der Waals surface area (Å²) in [7, 11) is 1.44. The van der Waals surface area contributed by atoms with Crippen molar-refractivity contribution in [2.24, 2.45) is 0 Å². The average Bonchev–Trinajstić information content (AvgIpc) is 3.55. The summed E-state index contributed by atoms with van der Waals surface area (Å²) in [6.45, 7) is 0. The van der Waals surface area contributed by atoms with Gasteiger partial charge in [0.1, 0.15) is 0 Å². The number of esters is 1. The molecule has 0 fully saturated rings. The van der Waals surface area contributed by atoms with E-state index in [1.165, 1.54) is 35.0 Å². The monoisotopic (exact) mass is 416 g/mol. The van der Waals surface area contributed by atoms with Crippen molar-refractivity contribution < 1.29 is 9.53 Å². The molecule has 2 nitrogen and oxygen atoms in total. The second kappa shape index (κ2) is 8.68. The molecule has 3 aromatic carbocycles. The van der Waals surface area contributed by atoms with Gasteiger partial charge in [0.2, 0.25) is 0 Å². The van der Waals surface area contributed by atoms with Gasteiger partial charge < -0.3 is 4.74 Å². The van der Waals surface area contributed by atoms with Gasteiger partial charge in [0.25, 0.3) is 0 Å². The second-order valence-corrected chi connectivity index (χ2v) is 8.11. The molecule has 5 rings (SSSR count). The van der Waals surface area contributed by atoms with Crippen LogP contribution in [0.25, 0.3) is 22.3 Å². The molecule has 0 N–H and O–H groups in total. The van der Waals surface area contributed by atoms with Crippen LogP contribution in [0, 0.1) is 0 Å². The van der Waals surface area contributed by atoms with Crippen LogP contribution in [0.4, 0.5) is 0 Å². The molecule has 2 aliphatic rings. The van der Waals surface area contributed by atoms with E-state index in [9.17, 15) is 4.79 Å². The van der Waals surface area contributed by atoms with Crippen LogP contribution in [0.5, 0.6) is 0 Å². The lowest BCUT2D eigenvalue weighted by molar-refractivity contribution is 0.0600. The molecule has 0 unspecified atom stereocenters. The maximum Gasteiger partial charge on any atom is 0.338 e. The predicted octanol–water partition coefficient (Wildman–Crippen LogP) is 7.21. The van der Waals surface area contributed by atoms with Crippen molar-refractivity contribution in [3.63, 3.8) is 0 Å². The van der Waals surface area contributed by atoms with E-state index in [1.807, 2.05) is 24.3 Å². The lowest BCUT2D eigenvalue weighted by Gasteiger charge is -2.14. The van der Waals surface area contributed by atoms with Gasteiger partial charge in [0.15, 0.2) is 0 Å². The molecule has 0 bridgehead atoms. The summed E-state index contributed by atoms with van der Waals surface area (Å²) in [6.07, 6.45) is 10.4. The van der Waals surface area contributed by atoms with Gasteiger partial charge in [-0.15, -0.1) is 0 Å². The van der Waals surface area contributed by atoms with Crippen LogP contribution < -0.4 is 0 Å². The van der Waals surface area contributed by atoms with Gasteiger partial charge in [-0.05, 0) is 69.5 Å². The maximum atomic E-state index is 12.5. The number of methoxy groups -OCH3 is 1. The van der Waals surface area contributed by atoms with Gasteiger partial charge in [-0.2, -0.15) is 0 Å². The predicted molar refractivity (Wildman–Crippen MR) is 132 cm³/mol. The third kappa shape index (κ3) is 3.88. The second-order valence-electron chi connectivity index (χ2n) is 8.11. The summed E-state index contributed by atoms with van der Waals surface area (Å²) >= 11 is 0. The summed E-state index contributed by atoms with van der Waals surface area (Å²) in [4.78, 5) is 12.5. The molecular weight excluding hydrogens is 392 g/mol. The van der Waals surface area contributed by atoms with Crippen LogP contribution in [0.15, 0.2) is 103 Å². The van der Waals surface area contributed by atoms with E-state index in [4.69, 9.17) is 4.74 Å². The standard InChI is InChI=1S/C30H24O2/c1-32-30(31)28-17-16-26(25-13-12-23(18-25)21-8-4-2-5-9-21)20-29(28)27-15-14-24(19-27)22-10-6-3-7-11-22/h2-17,20H,18-19H2,1H3. The van der Waals surface area contributed by atoms with Crippen molar-refractivity contribution in [2.75, 3.05) is 7.11 Å². The maximum absolute atomic E-state index is 12.5. The third-order valence-electron chi connectivity index (χ3n) is 6.16. The van der Waals surface area contributed by atoms with Crippen LogP contribution in [0.1, 0.15) is 45.5 Å². The molecule has 3 aromatic rings. The molecular formula is C30H24O2. The van der Waals surface area contributed by atoms with Gasteiger partial charge in [-0.25, -0.2) is 4.79 Å². The van der Waals surface area contributed by atoms with Crippen LogP contribution in [0.3, 0.4) is 0 Å². The Morgan fingerprint density at radius 2 is 1.12 bits per heavy atom. The fourth-order valence-electron chi connectivity index (χ4n) is 4.43. The first-order valence-electron chi connectivity index (χ1n) is 10.9. The fourth-order valence-corrected chi connectivity index (χ4v) is 4.43. The quantitative estimate of drug-likeness (QED) is 0.411. The lowest BCUT2D eigenvalue weighted by atomic mass is 9.91. The number of benzene rings is 3.